The second-order valence-corrected chi connectivity index (χ2v) is 6.86. The van der Waals surface area contributed by atoms with Gasteiger partial charge in [0.25, 0.3) is 0 Å². The summed E-state index contributed by atoms with van der Waals surface area (Å²) in [6, 6.07) is 4.96. The molecule has 0 saturated heterocycles. The summed E-state index contributed by atoms with van der Waals surface area (Å²) in [5, 5.41) is 6.47. The average molecular weight is 357 g/mol. The van der Waals surface area contributed by atoms with Crippen molar-refractivity contribution in [2.75, 3.05) is 5.32 Å². The minimum absolute atomic E-state index is 0.281. The van der Waals surface area contributed by atoms with Crippen LogP contribution in [0.15, 0.2) is 29.2 Å². The van der Waals surface area contributed by atoms with Gasteiger partial charge in [-0.25, -0.2) is 0 Å². The summed E-state index contributed by atoms with van der Waals surface area (Å²) < 4.78 is 39.9. The SMILES string of the molecule is Cc1nn(C)c(C)c1NC(=O)[C@@H](C)Sc1cccc(C(F)(F)F)c1. The van der Waals surface area contributed by atoms with Crippen molar-refractivity contribution in [3.63, 3.8) is 0 Å². The molecule has 0 fully saturated rings. The number of nitrogens with one attached hydrogen (secondary N) is 1. The maximum absolute atomic E-state index is 12.7. The van der Waals surface area contributed by atoms with Gasteiger partial charge in [0.2, 0.25) is 5.91 Å². The molecule has 1 amide bonds. The Morgan fingerprint density at radius 2 is 2.00 bits per heavy atom. The van der Waals surface area contributed by atoms with Gasteiger partial charge in [0, 0.05) is 11.9 Å². The number of aryl methyl sites for hydroxylation is 2. The number of amides is 1. The van der Waals surface area contributed by atoms with Gasteiger partial charge in [0.15, 0.2) is 0 Å². The Morgan fingerprint density at radius 3 is 2.54 bits per heavy atom. The molecule has 0 aliphatic heterocycles. The van der Waals surface area contributed by atoms with Gasteiger partial charge < -0.3 is 5.32 Å². The molecule has 2 rings (SSSR count). The van der Waals surface area contributed by atoms with E-state index in [9.17, 15) is 18.0 Å². The van der Waals surface area contributed by atoms with Gasteiger partial charge in [-0.1, -0.05) is 6.07 Å². The number of carbonyl (C=O) groups excluding carboxylic acids is 1. The number of aromatic nitrogens is 2. The van der Waals surface area contributed by atoms with Crippen molar-refractivity contribution in [2.24, 2.45) is 7.05 Å². The number of alkyl halides is 3. The normalized spacial score (nSPS) is 13.0. The first-order valence-corrected chi connectivity index (χ1v) is 8.12. The lowest BCUT2D eigenvalue weighted by molar-refractivity contribution is -0.137. The molecule has 4 nitrogen and oxygen atoms in total. The van der Waals surface area contributed by atoms with Gasteiger partial charge in [-0.05, 0) is 39.0 Å². The minimum Gasteiger partial charge on any atom is -0.322 e. The predicted octanol–water partition coefficient (Wildman–Crippen LogP) is 4.18. The highest BCUT2D eigenvalue weighted by molar-refractivity contribution is 8.00. The Hall–Kier alpha value is -1.96. The molecule has 1 N–H and O–H groups in total. The first kappa shape index (κ1) is 18.4. The molecule has 1 atom stereocenters. The highest BCUT2D eigenvalue weighted by atomic mass is 32.2. The van der Waals surface area contributed by atoms with Crippen molar-refractivity contribution in [1.29, 1.82) is 0 Å². The first-order valence-electron chi connectivity index (χ1n) is 7.24. The van der Waals surface area contributed by atoms with E-state index >= 15 is 0 Å². The van der Waals surface area contributed by atoms with E-state index in [4.69, 9.17) is 0 Å². The molecular formula is C16H18F3N3OS. The van der Waals surface area contributed by atoms with E-state index in [2.05, 4.69) is 10.4 Å². The lowest BCUT2D eigenvalue weighted by Crippen LogP contribution is -2.23. The van der Waals surface area contributed by atoms with Crippen LogP contribution in [0.2, 0.25) is 0 Å². The Morgan fingerprint density at radius 1 is 1.33 bits per heavy atom. The number of hydrogen-bond donors (Lipinski definition) is 1. The van der Waals surface area contributed by atoms with Crippen molar-refractivity contribution >= 4 is 23.4 Å². The molecule has 8 heteroatoms. The van der Waals surface area contributed by atoms with E-state index in [-0.39, 0.29) is 5.91 Å². The molecule has 0 spiro atoms. The van der Waals surface area contributed by atoms with Crippen LogP contribution in [0, 0.1) is 13.8 Å². The van der Waals surface area contributed by atoms with E-state index in [1.54, 1.807) is 31.6 Å². The van der Waals surface area contributed by atoms with Crippen LogP contribution in [-0.2, 0) is 18.0 Å². The fourth-order valence-corrected chi connectivity index (χ4v) is 3.11. The quantitative estimate of drug-likeness (QED) is 0.835. The minimum atomic E-state index is -4.40. The van der Waals surface area contributed by atoms with Gasteiger partial charge >= 0.3 is 6.18 Å². The maximum atomic E-state index is 12.7. The average Bonchev–Trinajstić information content (AvgIpc) is 2.73. The molecule has 0 unspecified atom stereocenters. The molecular weight excluding hydrogens is 339 g/mol. The Kier molecular flexibility index (Phi) is 5.27. The summed E-state index contributed by atoms with van der Waals surface area (Å²) >= 11 is 1.08. The summed E-state index contributed by atoms with van der Waals surface area (Å²) in [6.07, 6.45) is -4.40. The van der Waals surface area contributed by atoms with Crippen LogP contribution < -0.4 is 5.32 Å². The number of anilines is 1. The number of halogens is 3. The van der Waals surface area contributed by atoms with Crippen LogP contribution in [-0.4, -0.2) is 20.9 Å². The predicted molar refractivity (Wildman–Crippen MR) is 88.1 cm³/mol. The van der Waals surface area contributed by atoms with Gasteiger partial charge in [-0.3, -0.25) is 9.48 Å². The number of thioether (sulfide) groups is 1. The number of carbonyl (C=O) groups is 1. The van der Waals surface area contributed by atoms with Gasteiger partial charge in [0.05, 0.1) is 27.9 Å². The Bertz CT molecular complexity index is 756. The fourth-order valence-electron chi connectivity index (χ4n) is 2.18. The van der Waals surface area contributed by atoms with E-state index in [1.165, 1.54) is 6.07 Å². The van der Waals surface area contributed by atoms with Crippen LogP contribution >= 0.6 is 11.8 Å². The zero-order chi connectivity index (χ0) is 18.1. The molecule has 1 heterocycles. The Labute approximate surface area is 142 Å². The highest BCUT2D eigenvalue weighted by Crippen LogP contribution is 2.33. The third kappa shape index (κ3) is 4.11. The maximum Gasteiger partial charge on any atom is 0.416 e. The number of rotatable bonds is 4. The molecule has 0 saturated carbocycles. The molecule has 24 heavy (non-hydrogen) atoms. The second kappa shape index (κ2) is 6.88. The monoisotopic (exact) mass is 357 g/mol. The van der Waals surface area contributed by atoms with Crippen LogP contribution in [0.3, 0.4) is 0 Å². The van der Waals surface area contributed by atoms with Crippen LogP contribution in [0.1, 0.15) is 23.9 Å². The first-order chi connectivity index (χ1) is 11.1. The van der Waals surface area contributed by atoms with Crippen molar-refractivity contribution in [3.8, 4) is 0 Å². The molecule has 0 bridgehead atoms. The van der Waals surface area contributed by atoms with Gasteiger partial charge in [0.1, 0.15) is 0 Å². The van der Waals surface area contributed by atoms with E-state index < -0.39 is 17.0 Å². The number of nitrogens with zero attached hydrogens (tertiary/aromatic N) is 2. The van der Waals surface area contributed by atoms with Crippen molar-refractivity contribution in [3.05, 3.63) is 41.2 Å². The summed E-state index contributed by atoms with van der Waals surface area (Å²) in [5.41, 5.74) is 1.43. The largest absolute Gasteiger partial charge is 0.416 e. The van der Waals surface area contributed by atoms with Crippen molar-refractivity contribution in [2.45, 2.75) is 37.1 Å². The Balaban J connectivity index is 2.09. The third-order valence-electron chi connectivity index (χ3n) is 3.60. The van der Waals surface area contributed by atoms with Crippen molar-refractivity contribution < 1.29 is 18.0 Å². The highest BCUT2D eigenvalue weighted by Gasteiger charge is 2.30. The molecule has 0 aliphatic carbocycles. The van der Waals surface area contributed by atoms with E-state index in [0.29, 0.717) is 16.3 Å². The van der Waals surface area contributed by atoms with Gasteiger partial charge in [-0.2, -0.15) is 18.3 Å². The van der Waals surface area contributed by atoms with E-state index in [1.807, 2.05) is 6.92 Å². The summed E-state index contributed by atoms with van der Waals surface area (Å²) in [6.45, 7) is 5.27. The van der Waals surface area contributed by atoms with Crippen molar-refractivity contribution in [1.82, 2.24) is 9.78 Å². The molecule has 0 aliphatic rings. The van der Waals surface area contributed by atoms with E-state index in [0.717, 1.165) is 29.6 Å². The molecule has 1 aromatic carbocycles. The summed E-state index contributed by atoms with van der Waals surface area (Å²) in [5.74, 6) is -0.281. The third-order valence-corrected chi connectivity index (χ3v) is 4.69. The molecule has 0 radical (unpaired) electrons. The second-order valence-electron chi connectivity index (χ2n) is 5.44. The van der Waals surface area contributed by atoms with Crippen LogP contribution in [0.4, 0.5) is 18.9 Å². The summed E-state index contributed by atoms with van der Waals surface area (Å²) in [7, 11) is 1.78. The molecule has 130 valence electrons. The summed E-state index contributed by atoms with van der Waals surface area (Å²) in [4.78, 5) is 12.7. The number of hydrogen-bond acceptors (Lipinski definition) is 3. The number of benzene rings is 1. The molecule has 1 aromatic heterocycles. The topological polar surface area (TPSA) is 46.9 Å². The van der Waals surface area contributed by atoms with Crippen LogP contribution in [0.5, 0.6) is 0 Å². The zero-order valence-electron chi connectivity index (χ0n) is 13.7. The lowest BCUT2D eigenvalue weighted by atomic mass is 10.2. The lowest BCUT2D eigenvalue weighted by Gasteiger charge is -2.13. The smallest absolute Gasteiger partial charge is 0.322 e. The van der Waals surface area contributed by atoms with Crippen LogP contribution in [0.25, 0.3) is 0 Å². The molecule has 2 aromatic rings. The standard InChI is InChI=1S/C16H18F3N3OS/c1-9-14(10(2)22(4)21-9)20-15(23)11(3)24-13-7-5-6-12(8-13)16(17,18)19/h5-8,11H,1-4H3,(H,20,23)/t11-/m1/s1. The van der Waals surface area contributed by atoms with Gasteiger partial charge in [-0.15, -0.1) is 11.8 Å². The fraction of sp³-hybridized carbons (Fsp3) is 0.375. The zero-order valence-corrected chi connectivity index (χ0v) is 14.5.